The summed E-state index contributed by atoms with van der Waals surface area (Å²) in [5, 5.41) is 0. The third-order valence-corrected chi connectivity index (χ3v) is 4.62. The number of fused-ring (bicyclic) bond motifs is 1. The highest BCUT2D eigenvalue weighted by Crippen LogP contribution is 2.22. The van der Waals surface area contributed by atoms with Crippen LogP contribution in [0, 0.1) is 0 Å². The molecule has 2 amide bonds. The molecule has 3 heteroatoms. The fraction of sp³-hybridized carbons (Fsp3) is 0.391. The largest absolute Gasteiger partial charge is 0.270 e. The van der Waals surface area contributed by atoms with Crippen LogP contribution in [0.2, 0.25) is 0 Å². The Morgan fingerprint density at radius 2 is 1.31 bits per heavy atom. The van der Waals surface area contributed by atoms with E-state index >= 15 is 0 Å². The molecule has 0 fully saturated rings. The molecule has 1 aliphatic rings. The first-order chi connectivity index (χ1) is 12.4. The summed E-state index contributed by atoms with van der Waals surface area (Å²) in [7, 11) is 0. The van der Waals surface area contributed by atoms with Crippen molar-refractivity contribution in [3.05, 3.63) is 70.3 Å². The molecule has 138 valence electrons. The highest BCUT2D eigenvalue weighted by molar-refractivity contribution is 6.21. The van der Waals surface area contributed by atoms with E-state index in [-0.39, 0.29) is 11.8 Å². The Labute approximate surface area is 157 Å². The highest BCUT2D eigenvalue weighted by atomic mass is 16.2. The smallest absolute Gasteiger partial charge is 0.261 e. The van der Waals surface area contributed by atoms with Gasteiger partial charge < -0.3 is 0 Å². The van der Waals surface area contributed by atoms with Crippen molar-refractivity contribution in [3.8, 4) is 0 Å². The lowest BCUT2D eigenvalue weighted by Crippen LogP contribution is -2.29. The summed E-state index contributed by atoms with van der Waals surface area (Å²) in [6, 6.07) is 7.02. The molecule has 0 bridgehead atoms. The van der Waals surface area contributed by atoms with Gasteiger partial charge in [-0.2, -0.15) is 0 Å². The first kappa shape index (κ1) is 19.9. The van der Waals surface area contributed by atoms with Gasteiger partial charge in [-0.25, -0.2) is 0 Å². The summed E-state index contributed by atoms with van der Waals surface area (Å²) in [5.41, 5.74) is 5.01. The summed E-state index contributed by atoms with van der Waals surface area (Å²) in [4.78, 5) is 26.0. The Morgan fingerprint density at radius 3 is 1.85 bits per heavy atom. The van der Waals surface area contributed by atoms with Crippen LogP contribution < -0.4 is 0 Å². The van der Waals surface area contributed by atoms with Crippen LogP contribution in [0.3, 0.4) is 0 Å². The Morgan fingerprint density at radius 1 is 0.808 bits per heavy atom. The maximum absolute atomic E-state index is 12.3. The second kappa shape index (κ2) is 9.33. The number of carbonyl (C=O) groups excluding carboxylic acids is 2. The molecule has 0 N–H and O–H groups in total. The van der Waals surface area contributed by atoms with Crippen molar-refractivity contribution in [1.29, 1.82) is 0 Å². The van der Waals surface area contributed by atoms with E-state index < -0.39 is 0 Å². The molecule has 1 aromatic rings. The standard InChI is InChI=1S/C23H29NO2/c1-17(2)9-7-10-18(3)11-8-12-19(4)15-16-24-22(25)20-13-5-6-14-21(20)23(24)26/h5-6,9,11,13-15H,7-8,10,12,16H2,1-4H3. The maximum atomic E-state index is 12.3. The number of rotatable bonds is 8. The van der Waals surface area contributed by atoms with Crippen molar-refractivity contribution in [3.63, 3.8) is 0 Å². The van der Waals surface area contributed by atoms with Gasteiger partial charge in [0.15, 0.2) is 0 Å². The Kier molecular flexibility index (Phi) is 7.14. The molecule has 1 heterocycles. The van der Waals surface area contributed by atoms with E-state index in [0.29, 0.717) is 17.7 Å². The SMILES string of the molecule is CC(C)=CCCC(C)=CCCC(C)=CCN1C(=O)c2ccccc2C1=O. The molecular formula is C23H29NO2. The average Bonchev–Trinajstić information content (AvgIpc) is 2.84. The van der Waals surface area contributed by atoms with Gasteiger partial charge in [0.25, 0.3) is 11.8 Å². The van der Waals surface area contributed by atoms with Crippen LogP contribution in [0.4, 0.5) is 0 Å². The quantitative estimate of drug-likeness (QED) is 0.445. The fourth-order valence-electron chi connectivity index (χ4n) is 2.99. The van der Waals surface area contributed by atoms with Gasteiger partial charge in [0.05, 0.1) is 11.1 Å². The van der Waals surface area contributed by atoms with Crippen LogP contribution >= 0.6 is 0 Å². The Bertz CT molecular complexity index is 729. The van der Waals surface area contributed by atoms with Gasteiger partial charge in [0, 0.05) is 6.54 Å². The van der Waals surface area contributed by atoms with E-state index in [1.807, 2.05) is 6.08 Å². The molecule has 2 rings (SSSR count). The van der Waals surface area contributed by atoms with Gasteiger partial charge in [-0.05, 0) is 65.5 Å². The lowest BCUT2D eigenvalue weighted by atomic mass is 10.1. The van der Waals surface area contributed by atoms with E-state index in [9.17, 15) is 9.59 Å². The summed E-state index contributed by atoms with van der Waals surface area (Å²) >= 11 is 0. The van der Waals surface area contributed by atoms with E-state index in [4.69, 9.17) is 0 Å². The number of nitrogens with zero attached hydrogens (tertiary/aromatic N) is 1. The molecule has 0 aromatic heterocycles. The summed E-state index contributed by atoms with van der Waals surface area (Å²) in [5.74, 6) is -0.380. The van der Waals surface area contributed by atoms with E-state index in [1.54, 1.807) is 24.3 Å². The molecule has 1 aromatic carbocycles. The van der Waals surface area contributed by atoms with Crippen molar-refractivity contribution < 1.29 is 9.59 Å². The minimum absolute atomic E-state index is 0.190. The predicted octanol–water partition coefficient (Wildman–Crippen LogP) is 5.70. The lowest BCUT2D eigenvalue weighted by molar-refractivity contribution is 0.0671. The predicted molar refractivity (Wildman–Crippen MR) is 107 cm³/mol. The van der Waals surface area contributed by atoms with Crippen molar-refractivity contribution in [2.24, 2.45) is 0 Å². The molecule has 0 radical (unpaired) electrons. The Balaban J connectivity index is 1.83. The third-order valence-electron chi connectivity index (χ3n) is 4.62. The van der Waals surface area contributed by atoms with Gasteiger partial charge in [0.2, 0.25) is 0 Å². The van der Waals surface area contributed by atoms with Crippen molar-refractivity contribution in [2.45, 2.75) is 53.4 Å². The van der Waals surface area contributed by atoms with E-state index in [1.165, 1.54) is 21.6 Å². The van der Waals surface area contributed by atoms with Crippen molar-refractivity contribution >= 4 is 11.8 Å². The Hall–Kier alpha value is -2.42. The first-order valence-electron chi connectivity index (χ1n) is 9.30. The van der Waals surface area contributed by atoms with Crippen LogP contribution in [0.5, 0.6) is 0 Å². The number of amides is 2. The average molecular weight is 351 g/mol. The van der Waals surface area contributed by atoms with Crippen molar-refractivity contribution in [2.75, 3.05) is 6.54 Å². The van der Waals surface area contributed by atoms with E-state index in [0.717, 1.165) is 25.7 Å². The molecule has 0 aliphatic carbocycles. The molecule has 0 saturated heterocycles. The highest BCUT2D eigenvalue weighted by Gasteiger charge is 2.34. The number of hydrogen-bond donors (Lipinski definition) is 0. The molecule has 1 aliphatic heterocycles. The lowest BCUT2D eigenvalue weighted by Gasteiger charge is -2.11. The van der Waals surface area contributed by atoms with Crippen LogP contribution in [0.1, 0.15) is 74.1 Å². The zero-order chi connectivity index (χ0) is 19.1. The van der Waals surface area contributed by atoms with Crippen LogP contribution in [-0.2, 0) is 0 Å². The minimum Gasteiger partial charge on any atom is -0.270 e. The zero-order valence-corrected chi connectivity index (χ0v) is 16.3. The normalized spacial score (nSPS) is 14.7. The molecule has 0 atom stereocenters. The zero-order valence-electron chi connectivity index (χ0n) is 16.3. The second-order valence-electron chi connectivity index (χ2n) is 7.23. The number of benzene rings is 1. The maximum Gasteiger partial charge on any atom is 0.261 e. The van der Waals surface area contributed by atoms with Crippen LogP contribution in [0.15, 0.2) is 59.2 Å². The summed E-state index contributed by atoms with van der Waals surface area (Å²) in [6.45, 7) is 8.84. The fourth-order valence-corrected chi connectivity index (χ4v) is 2.99. The van der Waals surface area contributed by atoms with Gasteiger partial charge in [-0.3, -0.25) is 14.5 Å². The number of allylic oxidation sites excluding steroid dienone is 5. The van der Waals surface area contributed by atoms with E-state index in [2.05, 4.69) is 39.8 Å². The molecular weight excluding hydrogens is 322 g/mol. The number of carbonyl (C=O) groups is 2. The second-order valence-corrected chi connectivity index (χ2v) is 7.23. The monoisotopic (exact) mass is 351 g/mol. The number of imide groups is 1. The topological polar surface area (TPSA) is 37.4 Å². The molecule has 26 heavy (non-hydrogen) atoms. The molecule has 0 spiro atoms. The molecule has 0 unspecified atom stereocenters. The molecule has 0 saturated carbocycles. The first-order valence-corrected chi connectivity index (χ1v) is 9.30. The number of hydrogen-bond acceptors (Lipinski definition) is 2. The van der Waals surface area contributed by atoms with Crippen LogP contribution in [0.25, 0.3) is 0 Å². The molecule has 3 nitrogen and oxygen atoms in total. The third kappa shape index (κ3) is 5.29. The summed E-state index contributed by atoms with van der Waals surface area (Å²) < 4.78 is 0. The summed E-state index contributed by atoms with van der Waals surface area (Å²) in [6.07, 6.45) is 10.7. The van der Waals surface area contributed by atoms with Gasteiger partial charge in [0.1, 0.15) is 0 Å². The van der Waals surface area contributed by atoms with Gasteiger partial charge in [-0.1, -0.05) is 47.1 Å². The van der Waals surface area contributed by atoms with Crippen LogP contribution in [-0.4, -0.2) is 23.3 Å². The minimum atomic E-state index is -0.190. The van der Waals surface area contributed by atoms with Crippen molar-refractivity contribution in [1.82, 2.24) is 4.90 Å². The van der Waals surface area contributed by atoms with Gasteiger partial charge in [-0.15, -0.1) is 0 Å². The van der Waals surface area contributed by atoms with Gasteiger partial charge >= 0.3 is 0 Å².